The molecule has 1 aliphatic heterocycles. The average Bonchev–Trinajstić information content (AvgIpc) is 3.41. The molecule has 0 radical (unpaired) electrons. The van der Waals surface area contributed by atoms with Gasteiger partial charge in [0.25, 0.3) is 5.91 Å². The van der Waals surface area contributed by atoms with Gasteiger partial charge in [0.2, 0.25) is 0 Å². The number of benzene rings is 1. The number of aryl methyl sites for hydroxylation is 2. The maximum absolute atomic E-state index is 12.8. The van der Waals surface area contributed by atoms with Gasteiger partial charge in [0.05, 0.1) is 18.3 Å². The number of hydrogen-bond acceptors (Lipinski definition) is 4. The van der Waals surface area contributed by atoms with E-state index in [9.17, 15) is 4.79 Å². The molecule has 1 aliphatic rings. The van der Waals surface area contributed by atoms with E-state index in [0.717, 1.165) is 44.6 Å². The van der Waals surface area contributed by atoms with E-state index in [-0.39, 0.29) is 11.9 Å². The third-order valence-electron chi connectivity index (χ3n) is 5.18. The molecule has 0 saturated carbocycles. The van der Waals surface area contributed by atoms with E-state index < -0.39 is 0 Å². The summed E-state index contributed by atoms with van der Waals surface area (Å²) in [6.07, 6.45) is 9.03. The summed E-state index contributed by atoms with van der Waals surface area (Å²) in [6, 6.07) is 10.6. The Hall–Kier alpha value is -2.96. The third kappa shape index (κ3) is 3.92. The lowest BCUT2D eigenvalue weighted by atomic mass is 10.1. The summed E-state index contributed by atoms with van der Waals surface area (Å²) in [5.74, 6) is 1.05. The van der Waals surface area contributed by atoms with Crippen LogP contribution in [-0.4, -0.2) is 47.9 Å². The van der Waals surface area contributed by atoms with Gasteiger partial charge >= 0.3 is 0 Å². The Bertz CT molecular complexity index is 900. The number of rotatable bonds is 6. The molecular weight excluding hydrogens is 340 g/mol. The summed E-state index contributed by atoms with van der Waals surface area (Å²) in [5, 5.41) is 12.5. The molecule has 2 aromatic heterocycles. The molecule has 0 bridgehead atoms. The SMILES string of the molecule is Cn1cc(C(=O)N2CCCC2CCc2nncn2Cc2ccccc2)cn1. The van der Waals surface area contributed by atoms with Crippen molar-refractivity contribution in [2.45, 2.75) is 38.3 Å². The van der Waals surface area contributed by atoms with Crippen molar-refractivity contribution in [1.29, 1.82) is 0 Å². The van der Waals surface area contributed by atoms with Crippen molar-refractivity contribution in [3.8, 4) is 0 Å². The van der Waals surface area contributed by atoms with Crippen LogP contribution in [0.15, 0.2) is 49.1 Å². The highest BCUT2D eigenvalue weighted by atomic mass is 16.2. The van der Waals surface area contributed by atoms with Crippen LogP contribution in [0, 0.1) is 0 Å². The second kappa shape index (κ2) is 7.73. The Morgan fingerprint density at radius 1 is 1.26 bits per heavy atom. The second-order valence-corrected chi connectivity index (χ2v) is 7.10. The number of likely N-dealkylation sites (tertiary alicyclic amines) is 1. The number of aromatic nitrogens is 5. The van der Waals surface area contributed by atoms with Gasteiger partial charge in [-0.25, -0.2) is 0 Å². The zero-order valence-electron chi connectivity index (χ0n) is 15.5. The van der Waals surface area contributed by atoms with Crippen molar-refractivity contribution in [3.05, 3.63) is 66.0 Å². The highest BCUT2D eigenvalue weighted by Gasteiger charge is 2.30. The topological polar surface area (TPSA) is 68.8 Å². The van der Waals surface area contributed by atoms with Gasteiger partial charge in [-0.05, 0) is 24.8 Å². The van der Waals surface area contributed by atoms with Crippen molar-refractivity contribution < 1.29 is 4.79 Å². The minimum Gasteiger partial charge on any atom is -0.336 e. The molecule has 7 nitrogen and oxygen atoms in total. The van der Waals surface area contributed by atoms with E-state index in [1.807, 2.05) is 30.1 Å². The molecule has 1 fully saturated rings. The lowest BCUT2D eigenvalue weighted by Crippen LogP contribution is -2.35. The molecule has 0 aliphatic carbocycles. The Kier molecular flexibility index (Phi) is 5.00. The zero-order chi connectivity index (χ0) is 18.6. The predicted octanol–water partition coefficient (Wildman–Crippen LogP) is 2.30. The van der Waals surface area contributed by atoms with E-state index in [1.165, 1.54) is 5.56 Å². The van der Waals surface area contributed by atoms with E-state index in [1.54, 1.807) is 23.4 Å². The Morgan fingerprint density at radius 2 is 2.11 bits per heavy atom. The van der Waals surface area contributed by atoms with Gasteiger partial charge in [-0.3, -0.25) is 9.48 Å². The number of nitrogens with zero attached hydrogens (tertiary/aromatic N) is 6. The molecule has 0 spiro atoms. The largest absolute Gasteiger partial charge is 0.336 e. The zero-order valence-corrected chi connectivity index (χ0v) is 15.5. The van der Waals surface area contributed by atoms with Crippen LogP contribution in [0.1, 0.15) is 41.0 Å². The molecule has 3 aromatic rings. The second-order valence-electron chi connectivity index (χ2n) is 7.10. The van der Waals surface area contributed by atoms with Gasteiger partial charge in [-0.1, -0.05) is 30.3 Å². The number of carbonyl (C=O) groups is 1. The maximum Gasteiger partial charge on any atom is 0.257 e. The molecule has 1 aromatic carbocycles. The molecule has 27 heavy (non-hydrogen) atoms. The summed E-state index contributed by atoms with van der Waals surface area (Å²) >= 11 is 0. The van der Waals surface area contributed by atoms with Crippen LogP contribution < -0.4 is 0 Å². The minimum atomic E-state index is 0.0800. The minimum absolute atomic E-state index is 0.0800. The van der Waals surface area contributed by atoms with Crippen molar-refractivity contribution in [2.75, 3.05) is 6.54 Å². The van der Waals surface area contributed by atoms with Crippen molar-refractivity contribution in [3.63, 3.8) is 0 Å². The van der Waals surface area contributed by atoms with Crippen molar-refractivity contribution in [2.24, 2.45) is 7.05 Å². The molecule has 1 atom stereocenters. The molecule has 4 rings (SSSR count). The van der Waals surface area contributed by atoms with Crippen molar-refractivity contribution >= 4 is 5.91 Å². The average molecular weight is 364 g/mol. The molecule has 1 amide bonds. The van der Waals surface area contributed by atoms with Crippen LogP contribution in [0.4, 0.5) is 0 Å². The lowest BCUT2D eigenvalue weighted by molar-refractivity contribution is 0.0730. The highest BCUT2D eigenvalue weighted by Crippen LogP contribution is 2.23. The number of carbonyl (C=O) groups excluding carboxylic acids is 1. The third-order valence-corrected chi connectivity index (χ3v) is 5.18. The summed E-state index contributed by atoms with van der Waals surface area (Å²) in [5.41, 5.74) is 1.89. The fourth-order valence-corrected chi connectivity index (χ4v) is 3.78. The van der Waals surface area contributed by atoms with E-state index in [2.05, 4.69) is 32.0 Å². The van der Waals surface area contributed by atoms with Crippen molar-refractivity contribution in [1.82, 2.24) is 29.4 Å². The van der Waals surface area contributed by atoms with E-state index in [0.29, 0.717) is 5.56 Å². The van der Waals surface area contributed by atoms with Gasteiger partial charge < -0.3 is 9.47 Å². The van der Waals surface area contributed by atoms with Gasteiger partial charge in [0.15, 0.2) is 0 Å². The van der Waals surface area contributed by atoms with Crippen LogP contribution >= 0.6 is 0 Å². The first-order valence-electron chi connectivity index (χ1n) is 9.41. The maximum atomic E-state index is 12.8. The molecule has 1 unspecified atom stereocenters. The smallest absolute Gasteiger partial charge is 0.257 e. The molecule has 0 N–H and O–H groups in total. The summed E-state index contributed by atoms with van der Waals surface area (Å²) in [6.45, 7) is 1.58. The monoisotopic (exact) mass is 364 g/mol. The fourth-order valence-electron chi connectivity index (χ4n) is 3.78. The standard InChI is InChI=1S/C20H24N6O/c1-24-14-17(12-22-24)20(27)26-11-5-8-18(26)9-10-19-23-21-15-25(19)13-16-6-3-2-4-7-16/h2-4,6-7,12,14-15,18H,5,8-11,13H2,1H3. The summed E-state index contributed by atoms with van der Waals surface area (Å²) in [7, 11) is 1.83. The van der Waals surface area contributed by atoms with E-state index >= 15 is 0 Å². The summed E-state index contributed by atoms with van der Waals surface area (Å²) in [4.78, 5) is 14.8. The molecule has 1 saturated heterocycles. The predicted molar refractivity (Wildman–Crippen MR) is 101 cm³/mol. The van der Waals surface area contributed by atoms with Crippen LogP contribution in [0.3, 0.4) is 0 Å². The van der Waals surface area contributed by atoms with Gasteiger partial charge in [0, 0.05) is 32.3 Å². The Labute approximate surface area is 158 Å². The summed E-state index contributed by atoms with van der Waals surface area (Å²) < 4.78 is 3.77. The number of hydrogen-bond donors (Lipinski definition) is 0. The van der Waals surface area contributed by atoms with Gasteiger partial charge in [-0.15, -0.1) is 10.2 Å². The van der Waals surface area contributed by atoms with E-state index in [4.69, 9.17) is 0 Å². The van der Waals surface area contributed by atoms with Crippen LogP contribution in [0.25, 0.3) is 0 Å². The van der Waals surface area contributed by atoms with Gasteiger partial charge in [-0.2, -0.15) is 5.10 Å². The van der Waals surface area contributed by atoms with Crippen LogP contribution in [-0.2, 0) is 20.0 Å². The fraction of sp³-hybridized carbons (Fsp3) is 0.400. The first-order valence-corrected chi connectivity index (χ1v) is 9.41. The molecule has 7 heteroatoms. The first kappa shape index (κ1) is 17.5. The quantitative estimate of drug-likeness (QED) is 0.673. The first-order chi connectivity index (χ1) is 13.2. The molecule has 3 heterocycles. The van der Waals surface area contributed by atoms with Crippen LogP contribution in [0.2, 0.25) is 0 Å². The van der Waals surface area contributed by atoms with Gasteiger partial charge in [0.1, 0.15) is 12.2 Å². The normalized spacial score (nSPS) is 16.8. The highest BCUT2D eigenvalue weighted by molar-refractivity contribution is 5.94. The Morgan fingerprint density at radius 3 is 2.89 bits per heavy atom. The molecular formula is C20H24N6O. The Balaban J connectivity index is 1.40. The molecule has 140 valence electrons. The lowest BCUT2D eigenvalue weighted by Gasteiger charge is -2.24. The number of amides is 1. The van der Waals surface area contributed by atoms with Crippen LogP contribution in [0.5, 0.6) is 0 Å².